The van der Waals surface area contributed by atoms with Gasteiger partial charge in [-0.1, -0.05) is 140 Å². The molecule has 11 aromatic carbocycles. The van der Waals surface area contributed by atoms with Crippen molar-refractivity contribution in [1.82, 2.24) is 0 Å². The largest absolute Gasteiger partial charge is 0.550 e. The summed E-state index contributed by atoms with van der Waals surface area (Å²) in [6, 6.07) is 92.6. The Hall–Kier alpha value is -10.1. The topological polar surface area (TPSA) is 49.9 Å². The van der Waals surface area contributed by atoms with E-state index in [0.717, 1.165) is 102 Å². The summed E-state index contributed by atoms with van der Waals surface area (Å²) in [5.74, 6) is 4.10. The Balaban J connectivity index is 0.965. The van der Waals surface area contributed by atoms with Crippen LogP contribution in [0.3, 0.4) is 0 Å². The third kappa shape index (κ3) is 7.17. The fourth-order valence-electron chi connectivity index (χ4n) is 11.4. The summed E-state index contributed by atoms with van der Waals surface area (Å²) in [6.45, 7) is -1.20. The summed E-state index contributed by atoms with van der Waals surface area (Å²) in [7, 11) is 0. The quantitative estimate of drug-likeness (QED) is 0.140. The van der Waals surface area contributed by atoms with E-state index in [1.54, 1.807) is 0 Å². The molecule has 15 rings (SSSR count). The first-order valence-corrected chi connectivity index (χ1v) is 25.6. The zero-order valence-corrected chi connectivity index (χ0v) is 41.0. The first-order chi connectivity index (χ1) is 37.7. The second-order valence-electron chi connectivity index (χ2n) is 19.2. The van der Waals surface area contributed by atoms with Gasteiger partial charge in [-0.25, -0.2) is 0 Å². The number of anilines is 12. The van der Waals surface area contributed by atoms with Crippen LogP contribution in [0.25, 0.3) is 0 Å². The molecule has 0 amide bonds. The number of ether oxygens (including phenoxy) is 2. The lowest BCUT2D eigenvalue weighted by atomic mass is 9.48. The van der Waals surface area contributed by atoms with Crippen molar-refractivity contribution in [1.29, 1.82) is 0 Å². The minimum absolute atomic E-state index is 0.600. The number of nitrogens with zero attached hydrogens (tertiary/aromatic N) is 4. The number of benzene rings is 11. The van der Waals surface area contributed by atoms with Crippen molar-refractivity contribution in [2.75, 3.05) is 19.6 Å². The molecule has 0 radical (unpaired) electrons. The molecule has 0 atom stereocenters. The molecule has 8 nitrogen and oxygen atoms in total. The average Bonchev–Trinajstić information content (AvgIpc) is 3.79. The van der Waals surface area contributed by atoms with Gasteiger partial charge in [0.2, 0.25) is 0 Å². The highest BCUT2D eigenvalue weighted by Crippen LogP contribution is 2.51. The van der Waals surface area contributed by atoms with Crippen LogP contribution < -0.4 is 60.2 Å². The summed E-state index contributed by atoms with van der Waals surface area (Å²) in [4.78, 5) is 9.17. The van der Waals surface area contributed by atoms with Crippen LogP contribution in [-0.4, -0.2) is 13.8 Å². The standard InChI is InChI=1S/C66H44B2N4O4/c1-7-23-45(24-8-1)69(46-25-9-2-10-26-46)51-39-57-65-63(41-51)73-61-44-62-54(43-53(61)67(65)75-59-37-21-19-35-55(59)71(57)49-31-15-5-16-32-49)68-66-58(72(50-33-17-6-18-34-50)56-36-20-22-38-60(56)76-68)40-52(42-64(66)74-62)70(47-27-11-3-12-28-47)48-29-13-4-14-30-48/h1-44H. The number of hydrogen-bond donors (Lipinski definition) is 0. The molecule has 0 saturated carbocycles. The smallest absolute Gasteiger partial charge is 0.436 e. The minimum atomic E-state index is -0.600. The van der Waals surface area contributed by atoms with Crippen molar-refractivity contribution in [2.24, 2.45) is 0 Å². The van der Waals surface area contributed by atoms with Crippen LogP contribution in [0.15, 0.2) is 267 Å². The Morgan fingerprint density at radius 3 is 0.961 bits per heavy atom. The van der Waals surface area contributed by atoms with E-state index in [4.69, 9.17) is 18.8 Å². The maximum Gasteiger partial charge on any atom is 0.436 e. The first kappa shape index (κ1) is 43.5. The zero-order chi connectivity index (χ0) is 50.1. The van der Waals surface area contributed by atoms with E-state index in [1.807, 2.05) is 42.5 Å². The maximum absolute atomic E-state index is 7.43. The molecular weight excluding hydrogens is 934 g/mol. The molecule has 4 heterocycles. The van der Waals surface area contributed by atoms with E-state index in [0.29, 0.717) is 23.0 Å². The molecule has 0 spiro atoms. The maximum atomic E-state index is 7.43. The van der Waals surface area contributed by atoms with Crippen LogP contribution >= 0.6 is 0 Å². The van der Waals surface area contributed by atoms with Gasteiger partial charge in [-0.15, -0.1) is 0 Å². The second kappa shape index (κ2) is 17.9. The van der Waals surface area contributed by atoms with Crippen molar-refractivity contribution in [3.63, 3.8) is 0 Å². The Kier molecular flexibility index (Phi) is 10.2. The molecule has 358 valence electrons. The molecule has 10 heteroatoms. The molecule has 0 fully saturated rings. The summed E-state index contributed by atoms with van der Waals surface area (Å²) < 4.78 is 29.6. The lowest BCUT2D eigenvalue weighted by Crippen LogP contribution is -2.56. The van der Waals surface area contributed by atoms with Gasteiger partial charge >= 0.3 is 13.8 Å². The molecule has 0 bridgehead atoms. The molecule has 76 heavy (non-hydrogen) atoms. The third-order valence-electron chi connectivity index (χ3n) is 14.7. The molecule has 4 aliphatic heterocycles. The monoisotopic (exact) mass is 978 g/mol. The molecular formula is C66H44B2N4O4. The van der Waals surface area contributed by atoms with Crippen molar-refractivity contribution >= 4 is 104 Å². The van der Waals surface area contributed by atoms with E-state index in [2.05, 4.69) is 244 Å². The molecule has 4 aliphatic rings. The summed E-state index contributed by atoms with van der Waals surface area (Å²) in [6.07, 6.45) is 0. The zero-order valence-electron chi connectivity index (χ0n) is 41.0. The van der Waals surface area contributed by atoms with Gasteiger partial charge in [0.15, 0.2) is 0 Å². The fourth-order valence-corrected chi connectivity index (χ4v) is 11.4. The molecule has 0 saturated heterocycles. The SMILES string of the molecule is c1ccc(N(c2ccccc2)c2cc3c4c(c2)N(c2ccccc2)c2ccccc2OB4c2cc4c(cc2O3)Oc2cc(N(c3ccccc3)c3ccccc3)cc3c2B4Oc2ccccc2N3c2ccccc2)cc1. The highest BCUT2D eigenvalue weighted by molar-refractivity contribution is 6.87. The number of para-hydroxylation sites is 10. The van der Waals surface area contributed by atoms with Gasteiger partial charge in [0.1, 0.15) is 34.5 Å². The van der Waals surface area contributed by atoms with Gasteiger partial charge in [-0.2, -0.15) is 0 Å². The van der Waals surface area contributed by atoms with Gasteiger partial charge in [0.05, 0.1) is 34.1 Å². The van der Waals surface area contributed by atoms with Crippen molar-refractivity contribution in [2.45, 2.75) is 0 Å². The van der Waals surface area contributed by atoms with E-state index in [1.165, 1.54) is 0 Å². The van der Waals surface area contributed by atoms with Crippen LogP contribution in [0.2, 0.25) is 0 Å². The van der Waals surface area contributed by atoms with Crippen LogP contribution in [0.1, 0.15) is 0 Å². The highest BCUT2D eigenvalue weighted by Gasteiger charge is 2.47. The fraction of sp³-hybridized carbons (Fsp3) is 0. The van der Waals surface area contributed by atoms with Gasteiger partial charge in [0.25, 0.3) is 0 Å². The minimum Gasteiger partial charge on any atom is -0.550 e. The van der Waals surface area contributed by atoms with Crippen LogP contribution in [0.4, 0.5) is 68.2 Å². The number of fused-ring (bicyclic) bond motifs is 6. The first-order valence-electron chi connectivity index (χ1n) is 25.6. The summed E-state index contributed by atoms with van der Waals surface area (Å²) in [5, 5.41) is 0. The van der Waals surface area contributed by atoms with Gasteiger partial charge in [0, 0.05) is 74.2 Å². The molecule has 0 N–H and O–H groups in total. The molecule has 0 aliphatic carbocycles. The lowest BCUT2D eigenvalue weighted by Gasteiger charge is -2.34. The van der Waals surface area contributed by atoms with Crippen molar-refractivity contribution < 1.29 is 18.8 Å². The Morgan fingerprint density at radius 1 is 0.263 bits per heavy atom. The van der Waals surface area contributed by atoms with Gasteiger partial charge in [-0.3, -0.25) is 0 Å². The van der Waals surface area contributed by atoms with E-state index in [-0.39, 0.29) is 0 Å². The van der Waals surface area contributed by atoms with E-state index in [9.17, 15) is 0 Å². The lowest BCUT2D eigenvalue weighted by molar-refractivity contribution is 0.460. The summed E-state index contributed by atoms with van der Waals surface area (Å²) in [5.41, 5.74) is 15.1. The van der Waals surface area contributed by atoms with Crippen molar-refractivity contribution in [3.05, 3.63) is 267 Å². The molecule has 0 aromatic heterocycles. The van der Waals surface area contributed by atoms with Gasteiger partial charge < -0.3 is 38.4 Å². The number of rotatable bonds is 8. The van der Waals surface area contributed by atoms with Crippen LogP contribution in [0, 0.1) is 0 Å². The Bertz CT molecular complexity index is 3650. The second-order valence-corrected chi connectivity index (χ2v) is 19.2. The van der Waals surface area contributed by atoms with Crippen molar-refractivity contribution in [3.8, 4) is 34.5 Å². The predicted molar refractivity (Wildman–Crippen MR) is 310 cm³/mol. The highest BCUT2D eigenvalue weighted by atomic mass is 16.5. The van der Waals surface area contributed by atoms with E-state index >= 15 is 0 Å². The Labute approximate surface area is 441 Å². The Morgan fingerprint density at radius 2 is 0.592 bits per heavy atom. The average molecular weight is 979 g/mol. The number of hydrogen-bond acceptors (Lipinski definition) is 8. The van der Waals surface area contributed by atoms with E-state index < -0.39 is 13.8 Å². The third-order valence-corrected chi connectivity index (χ3v) is 14.7. The summed E-state index contributed by atoms with van der Waals surface area (Å²) >= 11 is 0. The molecule has 11 aromatic rings. The molecule has 0 unspecified atom stereocenters. The van der Waals surface area contributed by atoms with Crippen LogP contribution in [0.5, 0.6) is 34.5 Å². The normalized spacial score (nSPS) is 13.1. The van der Waals surface area contributed by atoms with Crippen LogP contribution in [-0.2, 0) is 0 Å². The predicted octanol–water partition coefficient (Wildman–Crippen LogP) is 14.8. The van der Waals surface area contributed by atoms with Gasteiger partial charge in [-0.05, 0) is 109 Å².